The molecule has 0 bridgehead atoms. The lowest BCUT2D eigenvalue weighted by Crippen LogP contribution is -2.37. The van der Waals surface area contributed by atoms with Crippen molar-refractivity contribution in [2.75, 3.05) is 6.54 Å². The van der Waals surface area contributed by atoms with E-state index in [1.165, 1.54) is 10.4 Å². The molecule has 3 aromatic rings. The van der Waals surface area contributed by atoms with Crippen molar-refractivity contribution in [2.45, 2.75) is 59.0 Å². The Kier molecular flexibility index (Phi) is 6.99. The number of thiophene rings is 1. The monoisotopic (exact) mass is 452 g/mol. The van der Waals surface area contributed by atoms with Gasteiger partial charge in [-0.25, -0.2) is 0 Å². The number of hydrogen-bond donors (Lipinski definition) is 1. The summed E-state index contributed by atoms with van der Waals surface area (Å²) in [5.74, 6) is 0.620. The largest absolute Gasteiger partial charge is 0.361 e. The lowest BCUT2D eigenvalue weighted by molar-refractivity contribution is -0.132. The van der Waals surface area contributed by atoms with Crippen molar-refractivity contribution in [1.82, 2.24) is 20.4 Å². The molecule has 0 radical (unpaired) electrons. The van der Waals surface area contributed by atoms with Crippen LogP contribution in [0.15, 0.2) is 34.3 Å². The SMILES string of the molecule is CCc1cc(C(=O)NCc2c(C)ncc3c2CCN(C(=O)CCCc2cccs2)C3)no1. The van der Waals surface area contributed by atoms with E-state index in [4.69, 9.17) is 4.52 Å². The summed E-state index contributed by atoms with van der Waals surface area (Å²) in [6.07, 6.45) is 5.71. The fraction of sp³-hybridized carbons (Fsp3) is 0.417. The lowest BCUT2D eigenvalue weighted by Gasteiger charge is -2.30. The van der Waals surface area contributed by atoms with Crippen LogP contribution in [-0.2, 0) is 37.1 Å². The molecule has 3 aromatic heterocycles. The number of hydrogen-bond acceptors (Lipinski definition) is 6. The summed E-state index contributed by atoms with van der Waals surface area (Å²) in [5.41, 5.74) is 4.47. The van der Waals surface area contributed by atoms with Crippen LogP contribution in [0.4, 0.5) is 0 Å². The fourth-order valence-corrected chi connectivity index (χ4v) is 4.79. The molecule has 0 unspecified atom stereocenters. The molecule has 0 saturated heterocycles. The smallest absolute Gasteiger partial charge is 0.273 e. The van der Waals surface area contributed by atoms with Gasteiger partial charge in [-0.1, -0.05) is 18.1 Å². The Bertz CT molecular complexity index is 1090. The van der Waals surface area contributed by atoms with Crippen molar-refractivity contribution in [1.29, 1.82) is 0 Å². The molecule has 1 N–H and O–H groups in total. The van der Waals surface area contributed by atoms with Crippen LogP contribution in [0.2, 0.25) is 0 Å². The van der Waals surface area contributed by atoms with Crippen LogP contribution in [0.1, 0.15) is 63.3 Å². The van der Waals surface area contributed by atoms with Gasteiger partial charge in [-0.2, -0.15) is 0 Å². The lowest BCUT2D eigenvalue weighted by atomic mass is 9.94. The van der Waals surface area contributed by atoms with Gasteiger partial charge in [0.25, 0.3) is 5.91 Å². The molecule has 0 spiro atoms. The Morgan fingerprint density at radius 1 is 1.34 bits per heavy atom. The molecular weight excluding hydrogens is 424 g/mol. The van der Waals surface area contributed by atoms with Gasteiger partial charge in [0.15, 0.2) is 5.69 Å². The molecule has 168 valence electrons. The molecule has 1 aliphatic rings. The molecular formula is C24H28N4O3S. The molecule has 0 atom stereocenters. The maximum absolute atomic E-state index is 12.7. The van der Waals surface area contributed by atoms with Crippen molar-refractivity contribution in [3.8, 4) is 0 Å². The minimum atomic E-state index is -0.260. The Labute approximate surface area is 191 Å². The minimum absolute atomic E-state index is 0.195. The zero-order chi connectivity index (χ0) is 22.5. The van der Waals surface area contributed by atoms with Crippen LogP contribution in [0.5, 0.6) is 0 Å². The average molecular weight is 453 g/mol. The first kappa shape index (κ1) is 22.2. The molecule has 0 saturated carbocycles. The molecule has 4 heterocycles. The first-order valence-corrected chi connectivity index (χ1v) is 11.9. The maximum Gasteiger partial charge on any atom is 0.273 e. The van der Waals surface area contributed by atoms with Gasteiger partial charge in [0.05, 0.1) is 0 Å². The summed E-state index contributed by atoms with van der Waals surface area (Å²) in [6.45, 7) is 5.55. The number of carbonyl (C=O) groups excluding carboxylic acids is 2. The van der Waals surface area contributed by atoms with Crippen LogP contribution in [0.25, 0.3) is 0 Å². The van der Waals surface area contributed by atoms with Crippen LogP contribution >= 0.6 is 11.3 Å². The van der Waals surface area contributed by atoms with Crippen molar-refractivity contribution in [2.24, 2.45) is 0 Å². The second kappa shape index (κ2) is 10.1. The Hall–Kier alpha value is -3.00. The summed E-state index contributed by atoms with van der Waals surface area (Å²) in [6, 6.07) is 5.83. The number of aromatic nitrogens is 2. The quantitative estimate of drug-likeness (QED) is 0.561. The highest BCUT2D eigenvalue weighted by Crippen LogP contribution is 2.25. The van der Waals surface area contributed by atoms with Gasteiger partial charge < -0.3 is 14.7 Å². The number of aryl methyl sites for hydroxylation is 3. The Morgan fingerprint density at radius 3 is 2.97 bits per heavy atom. The van der Waals surface area contributed by atoms with Crippen LogP contribution in [-0.4, -0.2) is 33.4 Å². The normalized spacial score (nSPS) is 13.1. The number of amides is 2. The predicted octanol–water partition coefficient (Wildman–Crippen LogP) is 3.84. The van der Waals surface area contributed by atoms with E-state index in [2.05, 4.69) is 26.9 Å². The van der Waals surface area contributed by atoms with E-state index in [1.54, 1.807) is 17.4 Å². The third kappa shape index (κ3) is 5.07. The third-order valence-corrected chi connectivity index (χ3v) is 6.84. The van der Waals surface area contributed by atoms with E-state index < -0.39 is 0 Å². The summed E-state index contributed by atoms with van der Waals surface area (Å²) in [7, 11) is 0. The number of pyridine rings is 1. The highest BCUT2D eigenvalue weighted by atomic mass is 32.1. The first-order valence-electron chi connectivity index (χ1n) is 11.0. The fourth-order valence-electron chi connectivity index (χ4n) is 4.04. The Balaban J connectivity index is 1.36. The number of nitrogens with one attached hydrogen (secondary N) is 1. The average Bonchev–Trinajstić information content (AvgIpc) is 3.50. The van der Waals surface area contributed by atoms with Crippen molar-refractivity contribution in [3.05, 3.63) is 68.5 Å². The third-order valence-electron chi connectivity index (χ3n) is 5.91. The summed E-state index contributed by atoms with van der Waals surface area (Å²) >= 11 is 1.74. The van der Waals surface area contributed by atoms with Gasteiger partial charge >= 0.3 is 0 Å². The standard InChI is InChI=1S/C24H28N4O3S/c1-3-18-12-22(27-31-18)24(30)26-14-21-16(2)25-13-17-15-28(10-9-20(17)21)23(29)8-4-6-19-7-5-11-32-19/h5,7,11-13H,3-4,6,8-10,14-15H2,1-2H3,(H,26,30). The molecule has 2 amide bonds. The summed E-state index contributed by atoms with van der Waals surface area (Å²) in [5, 5.41) is 8.84. The molecule has 32 heavy (non-hydrogen) atoms. The van der Waals surface area contributed by atoms with Crippen molar-refractivity contribution in [3.63, 3.8) is 0 Å². The number of nitrogens with zero attached hydrogens (tertiary/aromatic N) is 3. The van der Waals surface area contributed by atoms with Gasteiger partial charge in [0.1, 0.15) is 5.76 Å². The zero-order valence-corrected chi connectivity index (χ0v) is 19.3. The molecule has 0 aromatic carbocycles. The van der Waals surface area contributed by atoms with Crippen LogP contribution in [0, 0.1) is 6.92 Å². The second-order valence-corrected chi connectivity index (χ2v) is 9.07. The number of rotatable bonds is 8. The molecule has 7 nitrogen and oxygen atoms in total. The minimum Gasteiger partial charge on any atom is -0.361 e. The second-order valence-electron chi connectivity index (χ2n) is 8.04. The molecule has 0 aliphatic carbocycles. The highest BCUT2D eigenvalue weighted by Gasteiger charge is 2.24. The van der Waals surface area contributed by atoms with Gasteiger partial charge in [-0.05, 0) is 54.3 Å². The van der Waals surface area contributed by atoms with E-state index in [-0.39, 0.29) is 17.5 Å². The van der Waals surface area contributed by atoms with E-state index in [9.17, 15) is 9.59 Å². The van der Waals surface area contributed by atoms with Crippen LogP contribution < -0.4 is 5.32 Å². The Morgan fingerprint density at radius 2 is 2.22 bits per heavy atom. The molecule has 0 fully saturated rings. The van der Waals surface area contributed by atoms with Crippen molar-refractivity contribution >= 4 is 23.2 Å². The predicted molar refractivity (Wildman–Crippen MR) is 122 cm³/mol. The van der Waals surface area contributed by atoms with E-state index in [0.29, 0.717) is 38.2 Å². The number of carbonyl (C=O) groups is 2. The van der Waals surface area contributed by atoms with Gasteiger partial charge in [-0.3, -0.25) is 14.6 Å². The van der Waals surface area contributed by atoms with E-state index in [0.717, 1.165) is 36.1 Å². The summed E-state index contributed by atoms with van der Waals surface area (Å²) in [4.78, 5) is 33.0. The molecule has 8 heteroatoms. The highest BCUT2D eigenvalue weighted by molar-refractivity contribution is 7.09. The topological polar surface area (TPSA) is 88.3 Å². The first-order chi connectivity index (χ1) is 15.5. The van der Waals surface area contributed by atoms with Gasteiger partial charge in [-0.15, -0.1) is 11.3 Å². The molecule has 1 aliphatic heterocycles. The maximum atomic E-state index is 12.7. The number of fused-ring (bicyclic) bond motifs is 1. The van der Waals surface area contributed by atoms with Crippen molar-refractivity contribution < 1.29 is 14.1 Å². The van der Waals surface area contributed by atoms with Gasteiger partial charge in [0.2, 0.25) is 5.91 Å². The van der Waals surface area contributed by atoms with E-state index in [1.807, 2.05) is 31.0 Å². The van der Waals surface area contributed by atoms with E-state index >= 15 is 0 Å². The summed E-state index contributed by atoms with van der Waals surface area (Å²) < 4.78 is 5.12. The molecule has 4 rings (SSSR count). The zero-order valence-electron chi connectivity index (χ0n) is 18.5. The van der Waals surface area contributed by atoms with Gasteiger partial charge in [0, 0.05) is 55.3 Å². The van der Waals surface area contributed by atoms with Crippen LogP contribution in [0.3, 0.4) is 0 Å².